The van der Waals surface area contributed by atoms with E-state index >= 15 is 0 Å². The van der Waals surface area contributed by atoms with E-state index in [9.17, 15) is 22.8 Å². The number of hydrogen-bond acceptors (Lipinski definition) is 5. The Morgan fingerprint density at radius 2 is 1.61 bits per heavy atom. The summed E-state index contributed by atoms with van der Waals surface area (Å²) in [6.45, 7) is 0.404. The van der Waals surface area contributed by atoms with Crippen LogP contribution in [0.5, 0.6) is 0 Å². The monoisotopic (exact) mass is 510 g/mol. The molecule has 0 saturated heterocycles. The van der Waals surface area contributed by atoms with Crippen molar-refractivity contribution < 1.29 is 22.8 Å². The molecule has 2 amide bonds. The molecule has 0 spiro atoms. The predicted octanol–water partition coefficient (Wildman–Crippen LogP) is 5.64. The lowest BCUT2D eigenvalue weighted by Gasteiger charge is -2.12. The van der Waals surface area contributed by atoms with Gasteiger partial charge in [0.05, 0.1) is 11.3 Å². The third kappa shape index (κ3) is 6.08. The minimum atomic E-state index is -4.44. The second-order valence-corrected chi connectivity index (χ2v) is 8.72. The number of halogens is 3. The highest BCUT2D eigenvalue weighted by atomic mass is 32.1. The molecule has 1 aromatic heterocycles. The van der Waals surface area contributed by atoms with E-state index in [1.165, 1.54) is 23.5 Å². The smallest absolute Gasteiger partial charge is 0.375 e. The number of thiazole rings is 1. The van der Waals surface area contributed by atoms with Crippen molar-refractivity contribution in [2.75, 3.05) is 17.6 Å². The predicted molar refractivity (Wildman–Crippen MR) is 134 cm³/mol. The fourth-order valence-corrected chi connectivity index (χ4v) is 4.12. The zero-order valence-corrected chi connectivity index (χ0v) is 19.6. The van der Waals surface area contributed by atoms with Gasteiger partial charge in [0.15, 0.2) is 5.13 Å². The molecule has 0 bridgehead atoms. The van der Waals surface area contributed by atoms with E-state index in [-0.39, 0.29) is 5.91 Å². The number of aromatic nitrogens is 1. The third-order valence-electron chi connectivity index (χ3n) is 5.34. The summed E-state index contributed by atoms with van der Waals surface area (Å²) in [4.78, 5) is 29.5. The average Bonchev–Trinajstić information content (AvgIpc) is 3.28. The quantitative estimate of drug-likeness (QED) is 0.300. The summed E-state index contributed by atoms with van der Waals surface area (Å²) in [6, 6.07) is 17.7. The first kappa shape index (κ1) is 24.9. The van der Waals surface area contributed by atoms with Gasteiger partial charge < -0.3 is 16.4 Å². The standard InChI is InChI=1S/C26H21F3N4O2S/c27-26(28,29)18-9-5-16(6-10-18)21-3-1-2-4-22(21)24(35)32-19-11-7-17(8-12-19)23(34)31-14-13-20-15-36-25(30)33-20/h1-12,15H,13-14H2,(H2,30,33)(H,31,34)(H,32,35). The van der Waals surface area contributed by atoms with Gasteiger partial charge in [-0.05, 0) is 53.6 Å². The third-order valence-corrected chi connectivity index (χ3v) is 6.06. The number of nitrogens with two attached hydrogens (primary N) is 1. The molecule has 0 unspecified atom stereocenters. The molecule has 0 fully saturated rings. The van der Waals surface area contributed by atoms with Gasteiger partial charge in [0.1, 0.15) is 0 Å². The number of nitrogens with one attached hydrogen (secondary N) is 2. The Morgan fingerprint density at radius 1 is 0.917 bits per heavy atom. The molecule has 1 heterocycles. The van der Waals surface area contributed by atoms with Gasteiger partial charge in [0, 0.05) is 35.2 Å². The Kier molecular flexibility index (Phi) is 7.35. The van der Waals surface area contributed by atoms with Crippen LogP contribution < -0.4 is 16.4 Å². The Morgan fingerprint density at radius 3 is 2.25 bits per heavy atom. The Labute approximate surface area is 209 Å². The van der Waals surface area contributed by atoms with Gasteiger partial charge in [-0.25, -0.2) is 4.98 Å². The lowest BCUT2D eigenvalue weighted by Crippen LogP contribution is -2.25. The molecule has 0 radical (unpaired) electrons. The van der Waals surface area contributed by atoms with Crippen LogP contribution in [-0.2, 0) is 12.6 Å². The highest BCUT2D eigenvalue weighted by Crippen LogP contribution is 2.32. The first-order valence-corrected chi connectivity index (χ1v) is 11.7. The molecule has 6 nitrogen and oxygen atoms in total. The van der Waals surface area contributed by atoms with E-state index in [2.05, 4.69) is 15.6 Å². The maximum atomic E-state index is 12.9. The fraction of sp³-hybridized carbons (Fsp3) is 0.115. The van der Waals surface area contributed by atoms with Crippen molar-refractivity contribution in [3.8, 4) is 11.1 Å². The van der Waals surface area contributed by atoms with Gasteiger partial charge in [-0.2, -0.15) is 13.2 Å². The lowest BCUT2D eigenvalue weighted by atomic mass is 9.98. The highest BCUT2D eigenvalue weighted by Gasteiger charge is 2.30. The largest absolute Gasteiger partial charge is 0.416 e. The summed E-state index contributed by atoms with van der Waals surface area (Å²) in [5.74, 6) is -0.686. The van der Waals surface area contributed by atoms with E-state index in [1.54, 1.807) is 48.5 Å². The summed E-state index contributed by atoms with van der Waals surface area (Å²) < 4.78 is 38.7. The van der Waals surface area contributed by atoms with Crippen LogP contribution in [0, 0.1) is 0 Å². The lowest BCUT2D eigenvalue weighted by molar-refractivity contribution is -0.137. The number of hydrogen-bond donors (Lipinski definition) is 3. The summed E-state index contributed by atoms with van der Waals surface area (Å²) in [6.07, 6.45) is -3.87. The normalized spacial score (nSPS) is 11.2. The summed E-state index contributed by atoms with van der Waals surface area (Å²) in [5, 5.41) is 7.90. The van der Waals surface area contributed by atoms with Crippen LogP contribution in [0.1, 0.15) is 32.0 Å². The fourth-order valence-electron chi connectivity index (χ4n) is 3.52. The van der Waals surface area contributed by atoms with Crippen LogP contribution in [0.15, 0.2) is 78.2 Å². The first-order valence-electron chi connectivity index (χ1n) is 10.9. The van der Waals surface area contributed by atoms with Crippen molar-refractivity contribution in [1.82, 2.24) is 10.3 Å². The van der Waals surface area contributed by atoms with E-state index in [0.29, 0.717) is 46.0 Å². The van der Waals surface area contributed by atoms with E-state index in [0.717, 1.165) is 17.8 Å². The molecule has 4 rings (SSSR count). The average molecular weight is 511 g/mol. The molecule has 0 aliphatic rings. The van der Waals surface area contributed by atoms with Crippen LogP contribution in [0.25, 0.3) is 11.1 Å². The molecule has 4 aromatic rings. The SMILES string of the molecule is Nc1nc(CCNC(=O)c2ccc(NC(=O)c3ccccc3-c3ccc(C(F)(F)F)cc3)cc2)cs1. The Hall–Kier alpha value is -4.18. The molecule has 3 aromatic carbocycles. The van der Waals surface area contributed by atoms with Gasteiger partial charge in [-0.15, -0.1) is 11.3 Å². The molecular weight excluding hydrogens is 489 g/mol. The molecule has 0 aliphatic heterocycles. The van der Waals surface area contributed by atoms with Gasteiger partial charge in [-0.3, -0.25) is 9.59 Å². The molecule has 184 valence electrons. The van der Waals surface area contributed by atoms with Crippen molar-refractivity contribution >= 4 is 34.0 Å². The van der Waals surface area contributed by atoms with Crippen LogP contribution in [0.4, 0.5) is 24.0 Å². The molecule has 4 N–H and O–H groups in total. The number of alkyl halides is 3. The van der Waals surface area contributed by atoms with E-state index in [1.807, 2.05) is 5.38 Å². The molecule has 10 heteroatoms. The van der Waals surface area contributed by atoms with Gasteiger partial charge in [-0.1, -0.05) is 30.3 Å². The summed E-state index contributed by atoms with van der Waals surface area (Å²) in [5.41, 5.74) is 7.84. The summed E-state index contributed by atoms with van der Waals surface area (Å²) in [7, 11) is 0. The van der Waals surface area contributed by atoms with Crippen molar-refractivity contribution in [3.63, 3.8) is 0 Å². The number of carbonyl (C=O) groups excluding carboxylic acids is 2. The van der Waals surface area contributed by atoms with Crippen molar-refractivity contribution in [3.05, 3.63) is 101 Å². The minimum Gasteiger partial charge on any atom is -0.375 e. The molecular formula is C26H21F3N4O2S. The zero-order chi connectivity index (χ0) is 25.7. The van der Waals surface area contributed by atoms with Crippen LogP contribution in [0.3, 0.4) is 0 Å². The number of anilines is 2. The van der Waals surface area contributed by atoms with Crippen molar-refractivity contribution in [2.45, 2.75) is 12.6 Å². The summed E-state index contributed by atoms with van der Waals surface area (Å²) >= 11 is 1.34. The molecule has 36 heavy (non-hydrogen) atoms. The maximum absolute atomic E-state index is 12.9. The number of rotatable bonds is 7. The van der Waals surface area contributed by atoms with Gasteiger partial charge in [0.2, 0.25) is 0 Å². The van der Waals surface area contributed by atoms with Gasteiger partial charge >= 0.3 is 6.18 Å². The number of nitrogens with zero attached hydrogens (tertiary/aromatic N) is 1. The molecule has 0 aliphatic carbocycles. The highest BCUT2D eigenvalue weighted by molar-refractivity contribution is 7.13. The van der Waals surface area contributed by atoms with Gasteiger partial charge in [0.25, 0.3) is 11.8 Å². The molecule has 0 saturated carbocycles. The second kappa shape index (κ2) is 10.6. The van der Waals surface area contributed by atoms with E-state index in [4.69, 9.17) is 5.73 Å². The number of amides is 2. The topological polar surface area (TPSA) is 97.1 Å². The second-order valence-electron chi connectivity index (χ2n) is 7.84. The van der Waals surface area contributed by atoms with Crippen LogP contribution in [0.2, 0.25) is 0 Å². The number of carbonyl (C=O) groups is 2. The van der Waals surface area contributed by atoms with Crippen molar-refractivity contribution in [1.29, 1.82) is 0 Å². The van der Waals surface area contributed by atoms with Crippen molar-refractivity contribution in [2.24, 2.45) is 0 Å². The Balaban J connectivity index is 1.40. The zero-order valence-electron chi connectivity index (χ0n) is 18.8. The number of benzene rings is 3. The van der Waals surface area contributed by atoms with E-state index < -0.39 is 17.6 Å². The maximum Gasteiger partial charge on any atom is 0.416 e. The van der Waals surface area contributed by atoms with Crippen LogP contribution >= 0.6 is 11.3 Å². The number of nitrogen functional groups attached to an aromatic ring is 1. The molecule has 0 atom stereocenters. The Bertz CT molecular complexity index is 1370. The first-order chi connectivity index (χ1) is 17.2. The minimum absolute atomic E-state index is 0.260. The van der Waals surface area contributed by atoms with Crippen LogP contribution in [-0.4, -0.2) is 23.3 Å².